The van der Waals surface area contributed by atoms with E-state index in [0.29, 0.717) is 26.4 Å². The van der Waals surface area contributed by atoms with Gasteiger partial charge in [-0.3, -0.25) is 5.32 Å². The topological polar surface area (TPSA) is 326 Å². The number of hydrogen-bond donors (Lipinski definition) is 12. The molecule has 46 heavy (non-hydrogen) atoms. The van der Waals surface area contributed by atoms with Crippen LogP contribution in [0.5, 0.6) is 0 Å². The van der Waals surface area contributed by atoms with Crippen molar-refractivity contribution in [3.8, 4) is 0 Å². The standard InChI is InChI=1S/C26H52N4O16/c1-2-39-5-6-41-8-7-40-4-3-30-26(11-33)22(37)19(36)16(29)25(46-26)45-21-13(10-32)43-24(15(28)18(21)35)44-20-12(9-31)42-23(38)14(27)17(20)34/h12-25,30-38H,2-11,27-29H2,1H3/t12-,13-,14-,15-,16-,17-,18-,19-,20?,21?,22+,23-,24+,25+,26-/m1/s1. The Balaban J connectivity index is 1.62. The second-order valence-electron chi connectivity index (χ2n) is 11.2. The summed E-state index contributed by atoms with van der Waals surface area (Å²) >= 11 is 0. The maximum absolute atomic E-state index is 11.1. The molecular weight excluding hydrogens is 624 g/mol. The molecule has 15 atom stereocenters. The molecule has 3 rings (SSSR count). The summed E-state index contributed by atoms with van der Waals surface area (Å²) in [6.07, 6.45) is -16.6. The molecule has 0 amide bonds. The molecule has 0 radical (unpaired) electrons. The summed E-state index contributed by atoms with van der Waals surface area (Å²) in [6, 6.07) is -4.09. The van der Waals surface area contributed by atoms with Crippen molar-refractivity contribution in [2.75, 3.05) is 66.0 Å². The summed E-state index contributed by atoms with van der Waals surface area (Å²) < 4.78 is 44.4. The fraction of sp³-hybridized carbons (Fsp3) is 1.00. The summed E-state index contributed by atoms with van der Waals surface area (Å²) in [7, 11) is 0. The highest BCUT2D eigenvalue weighted by Crippen LogP contribution is 2.33. The minimum Gasteiger partial charge on any atom is -0.394 e. The van der Waals surface area contributed by atoms with Gasteiger partial charge >= 0.3 is 0 Å². The molecule has 0 spiro atoms. The van der Waals surface area contributed by atoms with E-state index >= 15 is 0 Å². The maximum atomic E-state index is 11.1. The third kappa shape index (κ3) is 9.46. The molecule has 0 saturated carbocycles. The van der Waals surface area contributed by atoms with Crippen LogP contribution in [0.4, 0.5) is 0 Å². The van der Waals surface area contributed by atoms with Crippen LogP contribution >= 0.6 is 0 Å². The zero-order chi connectivity index (χ0) is 34.0. The summed E-state index contributed by atoms with van der Waals surface area (Å²) in [4.78, 5) is 0. The Morgan fingerprint density at radius 3 is 1.78 bits per heavy atom. The predicted octanol–water partition coefficient (Wildman–Crippen LogP) is -7.69. The van der Waals surface area contributed by atoms with Crippen molar-refractivity contribution in [3.63, 3.8) is 0 Å². The first-order valence-corrected chi connectivity index (χ1v) is 15.2. The van der Waals surface area contributed by atoms with Crippen LogP contribution in [0.15, 0.2) is 0 Å². The number of nitrogens with two attached hydrogens (primary N) is 3. The Morgan fingerprint density at radius 1 is 0.674 bits per heavy atom. The Labute approximate surface area is 266 Å². The van der Waals surface area contributed by atoms with E-state index in [1.807, 2.05) is 6.92 Å². The summed E-state index contributed by atoms with van der Waals surface area (Å²) in [5.41, 5.74) is 16.1. The molecule has 3 saturated heterocycles. The lowest BCUT2D eigenvalue weighted by Gasteiger charge is -2.51. The number of aliphatic hydroxyl groups excluding tert-OH is 8. The SMILES string of the molecule is CCOCCOCCOCCN[C@]1(CO)O[C@H](OC2[C@@H](CO)O[C@@H](OC3[C@@H](CO)O[C@@H](O)[C@H](N)[C@H]3O)[C@H](N)[C@H]2O)[C@H](N)[C@@H](O)[C@@H]1O. The summed E-state index contributed by atoms with van der Waals surface area (Å²) in [6.45, 7) is 1.84. The number of nitrogens with one attached hydrogen (secondary N) is 1. The minimum atomic E-state index is -1.97. The average molecular weight is 677 g/mol. The molecule has 0 aliphatic carbocycles. The lowest BCUT2D eigenvalue weighted by molar-refractivity contribution is -0.364. The quantitative estimate of drug-likeness (QED) is 0.0600. The van der Waals surface area contributed by atoms with Gasteiger partial charge in [0.25, 0.3) is 0 Å². The Hall–Kier alpha value is -0.800. The van der Waals surface area contributed by atoms with Crippen LogP contribution in [0.2, 0.25) is 0 Å². The van der Waals surface area contributed by atoms with Gasteiger partial charge in [-0.15, -0.1) is 0 Å². The van der Waals surface area contributed by atoms with Gasteiger partial charge in [0.2, 0.25) is 0 Å². The summed E-state index contributed by atoms with van der Waals surface area (Å²) in [5, 5.41) is 85.8. The molecule has 3 aliphatic rings. The minimum absolute atomic E-state index is 0.0514. The van der Waals surface area contributed by atoms with Gasteiger partial charge < -0.3 is 95.9 Å². The third-order valence-corrected chi connectivity index (χ3v) is 8.09. The van der Waals surface area contributed by atoms with Crippen molar-refractivity contribution in [1.29, 1.82) is 0 Å². The predicted molar refractivity (Wildman–Crippen MR) is 152 cm³/mol. The van der Waals surface area contributed by atoms with Crippen LogP contribution in [-0.4, -0.2) is 198 Å². The van der Waals surface area contributed by atoms with E-state index in [2.05, 4.69) is 5.32 Å². The molecule has 0 aromatic rings. The van der Waals surface area contributed by atoms with Gasteiger partial charge in [0.15, 0.2) is 24.6 Å². The second kappa shape index (κ2) is 18.8. The highest BCUT2D eigenvalue weighted by molar-refractivity contribution is 5.02. The Morgan fingerprint density at radius 2 is 1.20 bits per heavy atom. The fourth-order valence-electron chi connectivity index (χ4n) is 5.33. The Bertz CT molecular complexity index is 869. The molecular formula is C26H52N4O16. The molecule has 15 N–H and O–H groups in total. The fourth-order valence-corrected chi connectivity index (χ4v) is 5.33. The molecule has 3 aliphatic heterocycles. The maximum Gasteiger partial charge on any atom is 0.178 e. The van der Waals surface area contributed by atoms with Crippen molar-refractivity contribution < 1.29 is 78.7 Å². The van der Waals surface area contributed by atoms with Crippen molar-refractivity contribution in [2.24, 2.45) is 17.2 Å². The number of hydrogen-bond acceptors (Lipinski definition) is 20. The van der Waals surface area contributed by atoms with Crippen molar-refractivity contribution in [3.05, 3.63) is 0 Å². The third-order valence-electron chi connectivity index (χ3n) is 8.09. The second-order valence-corrected chi connectivity index (χ2v) is 11.2. The van der Waals surface area contributed by atoms with Gasteiger partial charge in [0.05, 0.1) is 71.0 Å². The van der Waals surface area contributed by atoms with E-state index in [9.17, 15) is 40.9 Å². The number of ether oxygens (including phenoxy) is 8. The van der Waals surface area contributed by atoms with E-state index in [1.165, 1.54) is 0 Å². The lowest BCUT2D eigenvalue weighted by Crippen LogP contribution is -2.75. The van der Waals surface area contributed by atoms with Crippen molar-refractivity contribution in [1.82, 2.24) is 5.32 Å². The normalized spacial score (nSPS) is 43.6. The largest absolute Gasteiger partial charge is 0.394 e. The first-order valence-electron chi connectivity index (χ1n) is 15.2. The van der Waals surface area contributed by atoms with Crippen molar-refractivity contribution in [2.45, 2.75) is 98.5 Å². The van der Waals surface area contributed by atoms with Crippen LogP contribution in [0.25, 0.3) is 0 Å². The molecule has 20 heteroatoms. The molecule has 0 bridgehead atoms. The summed E-state index contributed by atoms with van der Waals surface area (Å²) in [5.74, 6) is 0. The van der Waals surface area contributed by atoms with Crippen LogP contribution in [0.1, 0.15) is 6.92 Å². The number of aliphatic hydroxyl groups is 8. The zero-order valence-corrected chi connectivity index (χ0v) is 25.7. The monoisotopic (exact) mass is 676 g/mol. The van der Waals surface area contributed by atoms with Crippen LogP contribution in [0.3, 0.4) is 0 Å². The van der Waals surface area contributed by atoms with Gasteiger partial charge in [-0.25, -0.2) is 0 Å². The van der Waals surface area contributed by atoms with E-state index < -0.39 is 111 Å². The highest BCUT2D eigenvalue weighted by Gasteiger charge is 2.56. The lowest BCUT2D eigenvalue weighted by atomic mass is 9.92. The smallest absolute Gasteiger partial charge is 0.178 e. The zero-order valence-electron chi connectivity index (χ0n) is 25.7. The molecule has 3 heterocycles. The van der Waals surface area contributed by atoms with E-state index in [4.69, 9.17) is 55.1 Å². The van der Waals surface area contributed by atoms with Gasteiger partial charge in [-0.1, -0.05) is 0 Å². The molecule has 3 fully saturated rings. The average Bonchev–Trinajstić information content (AvgIpc) is 3.05. The first kappa shape index (κ1) is 39.6. The molecule has 20 nitrogen and oxygen atoms in total. The Kier molecular flexibility index (Phi) is 16.2. The first-order chi connectivity index (χ1) is 22.0. The van der Waals surface area contributed by atoms with Gasteiger partial charge in [0, 0.05) is 13.2 Å². The van der Waals surface area contributed by atoms with E-state index in [1.54, 1.807) is 0 Å². The van der Waals surface area contributed by atoms with Crippen molar-refractivity contribution >= 4 is 0 Å². The highest BCUT2D eigenvalue weighted by atomic mass is 16.7. The number of rotatable bonds is 18. The molecule has 272 valence electrons. The van der Waals surface area contributed by atoms with Gasteiger partial charge in [0.1, 0.15) is 48.8 Å². The molecule has 2 unspecified atom stereocenters. The molecule has 0 aromatic heterocycles. The van der Waals surface area contributed by atoms with Crippen LogP contribution in [0, 0.1) is 0 Å². The van der Waals surface area contributed by atoms with Crippen LogP contribution in [-0.2, 0) is 37.9 Å². The molecule has 0 aromatic carbocycles. The van der Waals surface area contributed by atoms with Gasteiger partial charge in [-0.2, -0.15) is 0 Å². The van der Waals surface area contributed by atoms with E-state index in [0.717, 1.165) is 0 Å². The van der Waals surface area contributed by atoms with Crippen LogP contribution < -0.4 is 22.5 Å². The van der Waals surface area contributed by atoms with E-state index in [-0.39, 0.29) is 19.8 Å². The van der Waals surface area contributed by atoms with Gasteiger partial charge in [-0.05, 0) is 6.92 Å².